The van der Waals surface area contributed by atoms with E-state index in [4.69, 9.17) is 0 Å². The molecule has 0 radical (unpaired) electrons. The number of nitrogens with one attached hydrogen (secondary N) is 1. The zero-order chi connectivity index (χ0) is 16.9. The highest BCUT2D eigenvalue weighted by Crippen LogP contribution is 2.19. The summed E-state index contributed by atoms with van der Waals surface area (Å²) in [5, 5.41) is 0. The number of likely N-dealkylation sites (tertiary alicyclic amines) is 1. The first-order chi connectivity index (χ1) is 10.9. The number of piperidine rings is 1. The Balaban J connectivity index is 1.94. The molecule has 1 aromatic carbocycles. The van der Waals surface area contributed by atoms with Crippen LogP contribution in [0.15, 0.2) is 24.3 Å². The highest BCUT2D eigenvalue weighted by atomic mass is 32.2. The lowest BCUT2D eigenvalue weighted by Crippen LogP contribution is -2.49. The number of carbonyl (C=O) groups excluding carboxylic acids is 1. The first-order valence-electron chi connectivity index (χ1n) is 7.84. The van der Waals surface area contributed by atoms with Crippen molar-refractivity contribution in [2.75, 3.05) is 19.3 Å². The highest BCUT2D eigenvalue weighted by molar-refractivity contribution is 7.88. The number of halogens is 1. The van der Waals surface area contributed by atoms with Crippen LogP contribution in [-0.4, -0.2) is 44.6 Å². The van der Waals surface area contributed by atoms with Gasteiger partial charge in [0, 0.05) is 25.6 Å². The third-order valence-electron chi connectivity index (χ3n) is 4.09. The van der Waals surface area contributed by atoms with Crippen molar-refractivity contribution in [2.45, 2.75) is 38.1 Å². The van der Waals surface area contributed by atoms with Gasteiger partial charge in [-0.2, -0.15) is 0 Å². The molecule has 0 unspecified atom stereocenters. The number of amides is 1. The Hall–Kier alpha value is -1.47. The van der Waals surface area contributed by atoms with E-state index < -0.39 is 10.0 Å². The molecule has 0 bridgehead atoms. The van der Waals surface area contributed by atoms with Gasteiger partial charge in [-0.05, 0) is 37.3 Å². The number of carbonyl (C=O) groups is 1. The van der Waals surface area contributed by atoms with Gasteiger partial charge in [0.05, 0.1) is 6.26 Å². The molecule has 1 N–H and O–H groups in total. The molecule has 1 heterocycles. The van der Waals surface area contributed by atoms with E-state index >= 15 is 0 Å². The summed E-state index contributed by atoms with van der Waals surface area (Å²) >= 11 is 0. The molecule has 0 aromatic heterocycles. The number of rotatable bonds is 6. The minimum Gasteiger partial charge on any atom is -0.338 e. The third kappa shape index (κ3) is 5.58. The minimum absolute atomic E-state index is 0.0479. The van der Waals surface area contributed by atoms with E-state index in [2.05, 4.69) is 4.72 Å². The molecular formula is C16H23FN2O3S. The average Bonchev–Trinajstić information content (AvgIpc) is 2.51. The standard InChI is InChI=1S/C16H23FN2O3S/c1-23(21,22)18-12-14-7-4-5-11-19(14)16(20)10-9-13-6-2-3-8-15(13)17/h2-3,6,8,14,18H,4-5,7,9-12H2,1H3/t14-/m1/s1. The zero-order valence-electron chi connectivity index (χ0n) is 13.3. The number of nitrogens with zero attached hydrogens (tertiary/aromatic N) is 1. The molecule has 1 amide bonds. The molecule has 1 fully saturated rings. The summed E-state index contributed by atoms with van der Waals surface area (Å²) in [5.74, 6) is -0.345. The molecule has 0 spiro atoms. The summed E-state index contributed by atoms with van der Waals surface area (Å²) in [6, 6.07) is 6.33. The van der Waals surface area contributed by atoms with Crippen LogP contribution in [0.3, 0.4) is 0 Å². The second-order valence-corrected chi connectivity index (χ2v) is 7.78. The van der Waals surface area contributed by atoms with Crippen LogP contribution in [0.4, 0.5) is 4.39 Å². The molecule has 1 aliphatic rings. The predicted octanol–water partition coefficient (Wildman–Crippen LogP) is 1.69. The summed E-state index contributed by atoms with van der Waals surface area (Å²) in [6.45, 7) is 0.872. The number of hydrogen-bond acceptors (Lipinski definition) is 3. The fraction of sp³-hybridized carbons (Fsp3) is 0.562. The summed E-state index contributed by atoms with van der Waals surface area (Å²) in [5.41, 5.74) is 0.531. The lowest BCUT2D eigenvalue weighted by molar-refractivity contribution is -0.134. The Morgan fingerprint density at radius 2 is 2.09 bits per heavy atom. The van der Waals surface area contributed by atoms with Crippen LogP contribution in [0.2, 0.25) is 0 Å². The molecular weight excluding hydrogens is 319 g/mol. The summed E-state index contributed by atoms with van der Waals surface area (Å²) in [7, 11) is -3.27. The number of aryl methyl sites for hydroxylation is 1. The topological polar surface area (TPSA) is 66.5 Å². The second kappa shape index (κ2) is 7.88. The van der Waals surface area contributed by atoms with Crippen molar-refractivity contribution in [3.63, 3.8) is 0 Å². The Bertz CT molecular complexity index is 648. The van der Waals surface area contributed by atoms with Gasteiger partial charge in [-0.1, -0.05) is 18.2 Å². The molecule has 7 heteroatoms. The Morgan fingerprint density at radius 1 is 1.35 bits per heavy atom. The number of benzene rings is 1. The monoisotopic (exact) mass is 342 g/mol. The van der Waals surface area contributed by atoms with Gasteiger partial charge >= 0.3 is 0 Å². The lowest BCUT2D eigenvalue weighted by atomic mass is 10.0. The van der Waals surface area contributed by atoms with E-state index in [0.717, 1.165) is 25.5 Å². The molecule has 23 heavy (non-hydrogen) atoms. The van der Waals surface area contributed by atoms with Crippen molar-refractivity contribution in [3.8, 4) is 0 Å². The van der Waals surface area contributed by atoms with E-state index in [1.54, 1.807) is 23.1 Å². The van der Waals surface area contributed by atoms with Gasteiger partial charge in [0.15, 0.2) is 0 Å². The molecule has 2 rings (SSSR count). The van der Waals surface area contributed by atoms with Gasteiger partial charge in [-0.25, -0.2) is 17.5 Å². The van der Waals surface area contributed by atoms with Crippen LogP contribution < -0.4 is 4.72 Å². The summed E-state index contributed by atoms with van der Waals surface area (Å²) in [6.07, 6.45) is 4.38. The van der Waals surface area contributed by atoms with Gasteiger partial charge < -0.3 is 4.90 Å². The molecule has 5 nitrogen and oxygen atoms in total. The lowest BCUT2D eigenvalue weighted by Gasteiger charge is -2.36. The molecule has 1 atom stereocenters. The number of hydrogen-bond donors (Lipinski definition) is 1. The van der Waals surface area contributed by atoms with Crippen molar-refractivity contribution in [1.29, 1.82) is 0 Å². The number of sulfonamides is 1. The Kier molecular flexibility index (Phi) is 6.12. The second-order valence-electron chi connectivity index (χ2n) is 5.95. The van der Waals surface area contributed by atoms with Crippen LogP contribution in [0.5, 0.6) is 0 Å². The first-order valence-corrected chi connectivity index (χ1v) is 9.73. The molecule has 1 aromatic rings. The first kappa shape index (κ1) is 17.9. The van der Waals surface area contributed by atoms with Crippen LogP contribution in [0.25, 0.3) is 0 Å². The molecule has 1 saturated heterocycles. The van der Waals surface area contributed by atoms with Gasteiger partial charge in [0.25, 0.3) is 0 Å². The molecule has 1 aliphatic heterocycles. The maximum absolute atomic E-state index is 13.6. The van der Waals surface area contributed by atoms with Crippen molar-refractivity contribution in [2.24, 2.45) is 0 Å². The fourth-order valence-corrected chi connectivity index (χ4v) is 3.37. The van der Waals surface area contributed by atoms with Crippen LogP contribution >= 0.6 is 0 Å². The van der Waals surface area contributed by atoms with Crippen molar-refractivity contribution < 1.29 is 17.6 Å². The highest BCUT2D eigenvalue weighted by Gasteiger charge is 2.27. The normalized spacial score (nSPS) is 18.9. The largest absolute Gasteiger partial charge is 0.338 e. The summed E-state index contributed by atoms with van der Waals surface area (Å²) in [4.78, 5) is 14.2. The predicted molar refractivity (Wildman–Crippen MR) is 86.9 cm³/mol. The smallest absolute Gasteiger partial charge is 0.223 e. The van der Waals surface area contributed by atoms with E-state index in [-0.39, 0.29) is 30.7 Å². The maximum atomic E-state index is 13.6. The third-order valence-corrected chi connectivity index (χ3v) is 4.79. The van der Waals surface area contributed by atoms with E-state index in [1.807, 2.05) is 0 Å². The molecule has 128 valence electrons. The van der Waals surface area contributed by atoms with Gasteiger partial charge in [0.1, 0.15) is 5.82 Å². The van der Waals surface area contributed by atoms with Gasteiger partial charge in [-0.15, -0.1) is 0 Å². The quantitative estimate of drug-likeness (QED) is 0.855. The minimum atomic E-state index is -3.27. The Morgan fingerprint density at radius 3 is 2.78 bits per heavy atom. The van der Waals surface area contributed by atoms with E-state index in [0.29, 0.717) is 18.5 Å². The Labute approximate surface area is 136 Å². The summed E-state index contributed by atoms with van der Waals surface area (Å²) < 4.78 is 38.6. The van der Waals surface area contributed by atoms with E-state index in [1.165, 1.54) is 6.07 Å². The van der Waals surface area contributed by atoms with E-state index in [9.17, 15) is 17.6 Å². The fourth-order valence-electron chi connectivity index (χ4n) is 2.88. The van der Waals surface area contributed by atoms with Crippen LogP contribution in [-0.2, 0) is 21.2 Å². The molecule has 0 aliphatic carbocycles. The van der Waals surface area contributed by atoms with Gasteiger partial charge in [-0.3, -0.25) is 4.79 Å². The maximum Gasteiger partial charge on any atom is 0.223 e. The zero-order valence-corrected chi connectivity index (χ0v) is 14.1. The van der Waals surface area contributed by atoms with Crippen LogP contribution in [0.1, 0.15) is 31.2 Å². The van der Waals surface area contributed by atoms with Crippen molar-refractivity contribution in [3.05, 3.63) is 35.6 Å². The molecule has 0 saturated carbocycles. The van der Waals surface area contributed by atoms with Crippen molar-refractivity contribution in [1.82, 2.24) is 9.62 Å². The van der Waals surface area contributed by atoms with Crippen LogP contribution in [0, 0.1) is 5.82 Å². The van der Waals surface area contributed by atoms with Crippen molar-refractivity contribution >= 4 is 15.9 Å². The average molecular weight is 342 g/mol. The SMILES string of the molecule is CS(=O)(=O)NC[C@H]1CCCCN1C(=O)CCc1ccccc1F. The van der Waals surface area contributed by atoms with Gasteiger partial charge in [0.2, 0.25) is 15.9 Å².